The minimum atomic E-state index is -0.957. The molecule has 0 bridgehead atoms. The maximum atomic E-state index is 12.4. The number of hydrogen-bond donors (Lipinski definition) is 2. The van der Waals surface area contributed by atoms with Crippen molar-refractivity contribution in [3.05, 3.63) is 21.9 Å². The van der Waals surface area contributed by atoms with Crippen molar-refractivity contribution in [3.8, 4) is 0 Å². The second-order valence-electron chi connectivity index (χ2n) is 7.13. The summed E-state index contributed by atoms with van der Waals surface area (Å²) < 4.78 is 0. The molecule has 7 heteroatoms. The van der Waals surface area contributed by atoms with Gasteiger partial charge in [-0.3, -0.25) is 9.59 Å². The van der Waals surface area contributed by atoms with Gasteiger partial charge < -0.3 is 15.3 Å². The fourth-order valence-electron chi connectivity index (χ4n) is 2.76. The van der Waals surface area contributed by atoms with E-state index in [9.17, 15) is 14.4 Å². The van der Waals surface area contributed by atoms with Gasteiger partial charge in [0, 0.05) is 23.4 Å². The smallest absolute Gasteiger partial charge is 0.345 e. The predicted molar refractivity (Wildman–Crippen MR) is 91.9 cm³/mol. The third-order valence-corrected chi connectivity index (χ3v) is 5.10. The first kappa shape index (κ1) is 18.4. The van der Waals surface area contributed by atoms with Crippen LogP contribution in [0, 0.1) is 11.3 Å². The van der Waals surface area contributed by atoms with E-state index in [1.165, 1.54) is 0 Å². The van der Waals surface area contributed by atoms with E-state index in [2.05, 4.69) is 5.32 Å². The van der Waals surface area contributed by atoms with Crippen LogP contribution in [0.3, 0.4) is 0 Å². The monoisotopic (exact) mass is 352 g/mol. The van der Waals surface area contributed by atoms with Crippen LogP contribution in [0.2, 0.25) is 0 Å². The molecule has 2 N–H and O–H groups in total. The molecule has 2 heterocycles. The van der Waals surface area contributed by atoms with Crippen LogP contribution < -0.4 is 5.32 Å². The van der Waals surface area contributed by atoms with E-state index in [1.807, 2.05) is 20.8 Å². The Morgan fingerprint density at radius 1 is 1.33 bits per heavy atom. The maximum Gasteiger partial charge on any atom is 0.345 e. The zero-order valence-electron chi connectivity index (χ0n) is 14.3. The van der Waals surface area contributed by atoms with E-state index in [-0.39, 0.29) is 22.6 Å². The summed E-state index contributed by atoms with van der Waals surface area (Å²) in [6, 6.07) is 3.25. The lowest BCUT2D eigenvalue weighted by atomic mass is 9.91. The molecule has 0 aliphatic carbocycles. The molecule has 0 radical (unpaired) electrons. The number of carbonyl (C=O) groups is 3. The fraction of sp³-hybridized carbons (Fsp3) is 0.588. The summed E-state index contributed by atoms with van der Waals surface area (Å²) in [6.07, 6.45) is 1.59. The maximum absolute atomic E-state index is 12.4. The number of piperidine rings is 1. The Labute approximate surface area is 145 Å². The molecule has 1 saturated heterocycles. The van der Waals surface area contributed by atoms with Gasteiger partial charge in [0.25, 0.3) is 0 Å². The van der Waals surface area contributed by atoms with Crippen molar-refractivity contribution in [2.45, 2.75) is 40.2 Å². The molecule has 6 nitrogen and oxygen atoms in total. The number of hydrogen-bond acceptors (Lipinski definition) is 4. The summed E-state index contributed by atoms with van der Waals surface area (Å²) in [6.45, 7) is 7.13. The van der Waals surface area contributed by atoms with Crippen molar-refractivity contribution >= 4 is 29.1 Å². The molecule has 1 aromatic rings. The molecule has 1 aromatic heterocycles. The van der Waals surface area contributed by atoms with Crippen LogP contribution in [0.1, 0.15) is 48.2 Å². The zero-order valence-corrected chi connectivity index (χ0v) is 15.1. The molecular weight excluding hydrogens is 328 g/mol. The topological polar surface area (TPSA) is 86.7 Å². The number of amides is 2. The van der Waals surface area contributed by atoms with E-state index >= 15 is 0 Å². The van der Waals surface area contributed by atoms with Gasteiger partial charge in [-0.05, 0) is 25.0 Å². The predicted octanol–water partition coefficient (Wildman–Crippen LogP) is 2.35. The van der Waals surface area contributed by atoms with Crippen LogP contribution in [0.4, 0.5) is 0 Å². The number of carboxylic acid groups (broad SMARTS) is 1. The number of carboxylic acids is 1. The SMILES string of the molecule is CC(C)(C)C(=O)N1CCC[C@H](C(=O)NCc2ccc(C(=O)O)s2)C1. The van der Waals surface area contributed by atoms with Crippen LogP contribution in [-0.4, -0.2) is 40.9 Å². The molecule has 0 spiro atoms. The summed E-state index contributed by atoms with van der Waals surface area (Å²) in [5.74, 6) is -1.17. The number of aromatic carboxylic acids is 1. The minimum absolute atomic E-state index is 0.0735. The number of nitrogens with one attached hydrogen (secondary N) is 1. The summed E-state index contributed by atoms with van der Waals surface area (Å²) >= 11 is 1.16. The minimum Gasteiger partial charge on any atom is -0.477 e. The lowest BCUT2D eigenvalue weighted by Crippen LogP contribution is -2.48. The van der Waals surface area contributed by atoms with Gasteiger partial charge in [-0.2, -0.15) is 0 Å². The van der Waals surface area contributed by atoms with Crippen LogP contribution in [0.15, 0.2) is 12.1 Å². The average Bonchev–Trinajstić information content (AvgIpc) is 3.00. The highest BCUT2D eigenvalue weighted by atomic mass is 32.1. The van der Waals surface area contributed by atoms with Crippen LogP contribution in [0.5, 0.6) is 0 Å². The summed E-state index contributed by atoms with van der Waals surface area (Å²) in [4.78, 5) is 38.5. The quantitative estimate of drug-likeness (QED) is 0.871. The number of thiophene rings is 1. The molecule has 24 heavy (non-hydrogen) atoms. The zero-order chi connectivity index (χ0) is 17.9. The average molecular weight is 352 g/mol. The summed E-state index contributed by atoms with van der Waals surface area (Å²) in [5, 5.41) is 11.8. The molecule has 1 atom stereocenters. The van der Waals surface area contributed by atoms with Crippen molar-refractivity contribution in [3.63, 3.8) is 0 Å². The van der Waals surface area contributed by atoms with Crippen LogP contribution >= 0.6 is 11.3 Å². The van der Waals surface area contributed by atoms with Crippen molar-refractivity contribution in [1.29, 1.82) is 0 Å². The Kier molecular flexibility index (Phi) is 5.64. The lowest BCUT2D eigenvalue weighted by Gasteiger charge is -2.35. The number of nitrogens with zero attached hydrogens (tertiary/aromatic N) is 1. The highest BCUT2D eigenvalue weighted by Gasteiger charge is 2.33. The molecule has 0 unspecified atom stereocenters. The summed E-state index contributed by atoms with van der Waals surface area (Å²) in [7, 11) is 0. The van der Waals surface area contributed by atoms with E-state index in [0.29, 0.717) is 19.6 Å². The number of likely N-dealkylation sites (tertiary alicyclic amines) is 1. The first-order chi connectivity index (χ1) is 11.2. The van der Waals surface area contributed by atoms with Gasteiger partial charge in [-0.15, -0.1) is 11.3 Å². The Hall–Kier alpha value is -1.89. The second-order valence-corrected chi connectivity index (χ2v) is 8.30. The van der Waals surface area contributed by atoms with Crippen molar-refractivity contribution in [2.75, 3.05) is 13.1 Å². The first-order valence-electron chi connectivity index (χ1n) is 8.07. The van der Waals surface area contributed by atoms with E-state index < -0.39 is 11.4 Å². The molecule has 0 saturated carbocycles. The van der Waals surface area contributed by atoms with E-state index in [1.54, 1.807) is 17.0 Å². The van der Waals surface area contributed by atoms with Gasteiger partial charge in [-0.1, -0.05) is 20.8 Å². The van der Waals surface area contributed by atoms with Crippen molar-refractivity contribution in [2.24, 2.45) is 11.3 Å². The Morgan fingerprint density at radius 2 is 2.04 bits per heavy atom. The van der Waals surface area contributed by atoms with Crippen LogP contribution in [0.25, 0.3) is 0 Å². The third-order valence-electron chi connectivity index (χ3n) is 4.03. The molecule has 2 amide bonds. The number of rotatable bonds is 4. The largest absolute Gasteiger partial charge is 0.477 e. The highest BCUT2D eigenvalue weighted by molar-refractivity contribution is 7.13. The Bertz CT molecular complexity index is 633. The molecule has 1 aliphatic heterocycles. The molecule has 1 aliphatic rings. The van der Waals surface area contributed by atoms with E-state index in [0.717, 1.165) is 29.1 Å². The Morgan fingerprint density at radius 3 is 2.62 bits per heavy atom. The van der Waals surface area contributed by atoms with Crippen LogP contribution in [-0.2, 0) is 16.1 Å². The summed E-state index contributed by atoms with van der Waals surface area (Å²) in [5.41, 5.74) is -0.442. The van der Waals surface area contributed by atoms with Crippen molar-refractivity contribution < 1.29 is 19.5 Å². The van der Waals surface area contributed by atoms with Gasteiger partial charge in [0.05, 0.1) is 12.5 Å². The van der Waals surface area contributed by atoms with Crippen molar-refractivity contribution in [1.82, 2.24) is 10.2 Å². The van der Waals surface area contributed by atoms with Gasteiger partial charge in [-0.25, -0.2) is 4.79 Å². The molecular formula is C17H24N2O4S. The van der Waals surface area contributed by atoms with Gasteiger partial charge in [0.15, 0.2) is 0 Å². The lowest BCUT2D eigenvalue weighted by molar-refractivity contribution is -0.142. The second kappa shape index (κ2) is 7.34. The van der Waals surface area contributed by atoms with E-state index in [4.69, 9.17) is 5.11 Å². The standard InChI is InChI=1S/C17H24N2O4S/c1-17(2,3)16(23)19-8-4-5-11(10-19)14(20)18-9-12-6-7-13(24-12)15(21)22/h6-7,11H,4-5,8-10H2,1-3H3,(H,18,20)(H,21,22)/t11-/m0/s1. The van der Waals surface area contributed by atoms with Gasteiger partial charge in [0.1, 0.15) is 4.88 Å². The molecule has 0 aromatic carbocycles. The van der Waals surface area contributed by atoms with Gasteiger partial charge >= 0.3 is 5.97 Å². The molecule has 2 rings (SSSR count). The number of carbonyl (C=O) groups excluding carboxylic acids is 2. The first-order valence-corrected chi connectivity index (χ1v) is 8.89. The molecule has 1 fully saturated rings. The molecule has 132 valence electrons. The fourth-order valence-corrected chi connectivity index (χ4v) is 3.54. The highest BCUT2D eigenvalue weighted by Crippen LogP contribution is 2.24. The normalized spacial score (nSPS) is 18.3. The Balaban J connectivity index is 1.89. The third kappa shape index (κ3) is 4.56. The van der Waals surface area contributed by atoms with Gasteiger partial charge in [0.2, 0.25) is 11.8 Å².